The second-order valence-electron chi connectivity index (χ2n) is 3.06. The predicted molar refractivity (Wildman–Crippen MR) is 54.9 cm³/mol. The molecule has 4 nitrogen and oxygen atoms in total. The minimum Gasteiger partial charge on any atom is -0.394 e. The van der Waals surface area contributed by atoms with Crippen molar-refractivity contribution in [1.82, 2.24) is 0 Å². The second-order valence-corrected chi connectivity index (χ2v) is 3.46. The van der Waals surface area contributed by atoms with Crippen molar-refractivity contribution in [3.8, 4) is 0 Å². The van der Waals surface area contributed by atoms with Gasteiger partial charge in [-0.25, -0.2) is 0 Å². The summed E-state index contributed by atoms with van der Waals surface area (Å²) in [7, 11) is 0. The molecule has 15 heavy (non-hydrogen) atoms. The first-order valence-electron chi connectivity index (χ1n) is 4.32. The van der Waals surface area contributed by atoms with Crippen LogP contribution in [0.1, 0.15) is 22.0 Å². The summed E-state index contributed by atoms with van der Waals surface area (Å²) in [6.45, 7) is -0.606. The Labute approximate surface area is 91.7 Å². The van der Waals surface area contributed by atoms with Crippen LogP contribution in [0.2, 0.25) is 5.02 Å². The highest BCUT2D eigenvalue weighted by Gasteiger charge is 2.22. The van der Waals surface area contributed by atoms with Gasteiger partial charge in [0.25, 0.3) is 0 Å². The Kier molecular flexibility index (Phi) is 4.23. The molecule has 3 N–H and O–H groups in total. The minimum atomic E-state index is -1.37. The van der Waals surface area contributed by atoms with E-state index in [1.165, 1.54) is 12.1 Å². The SMILES string of the molecule is O=Cc1cccc(Cl)c1C(O)C(O)CO. The molecule has 1 aromatic carbocycles. The lowest BCUT2D eigenvalue weighted by atomic mass is 9.99. The maximum atomic E-state index is 10.7. The first-order valence-corrected chi connectivity index (χ1v) is 4.70. The molecule has 0 radical (unpaired) electrons. The highest BCUT2D eigenvalue weighted by molar-refractivity contribution is 6.31. The maximum absolute atomic E-state index is 10.7. The van der Waals surface area contributed by atoms with E-state index in [1.54, 1.807) is 6.07 Å². The van der Waals surface area contributed by atoms with Crippen LogP contribution < -0.4 is 0 Å². The van der Waals surface area contributed by atoms with Crippen LogP contribution >= 0.6 is 11.6 Å². The Hall–Kier alpha value is -0.940. The van der Waals surface area contributed by atoms with Gasteiger partial charge in [-0.1, -0.05) is 23.7 Å². The zero-order chi connectivity index (χ0) is 11.4. The van der Waals surface area contributed by atoms with Crippen LogP contribution in [0.15, 0.2) is 18.2 Å². The number of hydrogen-bond acceptors (Lipinski definition) is 4. The molecule has 0 aromatic heterocycles. The van der Waals surface area contributed by atoms with Crippen molar-refractivity contribution >= 4 is 17.9 Å². The van der Waals surface area contributed by atoms with Gasteiger partial charge < -0.3 is 15.3 Å². The van der Waals surface area contributed by atoms with Gasteiger partial charge in [0, 0.05) is 16.1 Å². The smallest absolute Gasteiger partial charge is 0.150 e. The van der Waals surface area contributed by atoms with Crippen molar-refractivity contribution in [2.45, 2.75) is 12.2 Å². The van der Waals surface area contributed by atoms with Crippen molar-refractivity contribution in [1.29, 1.82) is 0 Å². The zero-order valence-electron chi connectivity index (χ0n) is 7.80. The number of rotatable bonds is 4. The molecule has 5 heteroatoms. The molecular formula is C10H11ClO4. The number of hydrogen-bond donors (Lipinski definition) is 3. The van der Waals surface area contributed by atoms with Crippen molar-refractivity contribution in [2.75, 3.05) is 6.61 Å². The van der Waals surface area contributed by atoms with Gasteiger partial charge in [0.15, 0.2) is 0 Å². The molecule has 0 heterocycles. The van der Waals surface area contributed by atoms with Gasteiger partial charge >= 0.3 is 0 Å². The van der Waals surface area contributed by atoms with Crippen LogP contribution in [-0.2, 0) is 0 Å². The van der Waals surface area contributed by atoms with Crippen molar-refractivity contribution in [2.24, 2.45) is 0 Å². The Bertz CT molecular complexity index is 353. The topological polar surface area (TPSA) is 77.8 Å². The maximum Gasteiger partial charge on any atom is 0.150 e. The number of carbonyl (C=O) groups is 1. The molecule has 0 bridgehead atoms. The monoisotopic (exact) mass is 230 g/mol. The summed E-state index contributed by atoms with van der Waals surface area (Å²) in [5.41, 5.74) is 0.332. The third-order valence-corrected chi connectivity index (χ3v) is 2.39. The van der Waals surface area contributed by atoms with Crippen LogP contribution in [0.3, 0.4) is 0 Å². The first-order chi connectivity index (χ1) is 7.11. The third-order valence-electron chi connectivity index (χ3n) is 2.06. The van der Waals surface area contributed by atoms with E-state index in [1.807, 2.05) is 0 Å². The largest absolute Gasteiger partial charge is 0.394 e. The lowest BCUT2D eigenvalue weighted by Gasteiger charge is -2.18. The van der Waals surface area contributed by atoms with Gasteiger partial charge in [-0.05, 0) is 6.07 Å². The van der Waals surface area contributed by atoms with E-state index in [0.29, 0.717) is 6.29 Å². The number of aldehydes is 1. The highest BCUT2D eigenvalue weighted by atomic mass is 35.5. The molecule has 0 aliphatic carbocycles. The van der Waals surface area contributed by atoms with Crippen LogP contribution in [-0.4, -0.2) is 34.3 Å². The number of benzene rings is 1. The molecule has 82 valence electrons. The Morgan fingerprint density at radius 3 is 2.60 bits per heavy atom. The molecule has 1 rings (SSSR count). The molecule has 2 atom stereocenters. The van der Waals surface area contributed by atoms with Crippen molar-refractivity contribution in [3.05, 3.63) is 34.3 Å². The predicted octanol–water partition coefficient (Wildman–Crippen LogP) is 0.539. The molecule has 0 spiro atoms. The summed E-state index contributed by atoms with van der Waals surface area (Å²) < 4.78 is 0. The average molecular weight is 231 g/mol. The normalized spacial score (nSPS) is 14.7. The molecule has 1 aromatic rings. The van der Waals surface area contributed by atoms with Gasteiger partial charge in [0.1, 0.15) is 18.5 Å². The number of carbonyl (C=O) groups excluding carboxylic acids is 1. The fourth-order valence-corrected chi connectivity index (χ4v) is 1.55. The van der Waals surface area contributed by atoms with Crippen LogP contribution in [0.5, 0.6) is 0 Å². The molecule has 0 aliphatic heterocycles. The third kappa shape index (κ3) is 2.54. The lowest BCUT2D eigenvalue weighted by molar-refractivity contribution is -0.0154. The van der Waals surface area contributed by atoms with E-state index < -0.39 is 18.8 Å². The number of aliphatic hydroxyl groups is 3. The average Bonchev–Trinajstić information content (AvgIpc) is 2.26. The fourth-order valence-electron chi connectivity index (χ4n) is 1.26. The molecule has 0 fully saturated rings. The highest BCUT2D eigenvalue weighted by Crippen LogP contribution is 2.27. The van der Waals surface area contributed by atoms with Gasteiger partial charge in [0.05, 0.1) is 6.61 Å². The Morgan fingerprint density at radius 2 is 2.07 bits per heavy atom. The summed E-state index contributed by atoms with van der Waals surface area (Å²) in [5.74, 6) is 0. The molecule has 0 saturated heterocycles. The standard InChI is InChI=1S/C10H11ClO4/c11-7-3-1-2-6(4-12)9(7)10(15)8(14)5-13/h1-4,8,10,13-15H,5H2. The summed E-state index contributed by atoms with van der Waals surface area (Å²) >= 11 is 5.79. The van der Waals surface area contributed by atoms with E-state index in [9.17, 15) is 15.0 Å². The van der Waals surface area contributed by atoms with Gasteiger partial charge in [-0.3, -0.25) is 4.79 Å². The van der Waals surface area contributed by atoms with Gasteiger partial charge in [-0.2, -0.15) is 0 Å². The van der Waals surface area contributed by atoms with Gasteiger partial charge in [0.2, 0.25) is 0 Å². The molecule has 0 saturated carbocycles. The summed E-state index contributed by atoms with van der Waals surface area (Å²) in [6.07, 6.45) is -2.19. The van der Waals surface area contributed by atoms with Crippen LogP contribution in [0.4, 0.5) is 0 Å². The fraction of sp³-hybridized carbons (Fsp3) is 0.300. The minimum absolute atomic E-state index is 0.135. The molecule has 0 amide bonds. The molecule has 0 aliphatic rings. The van der Waals surface area contributed by atoms with E-state index in [-0.39, 0.29) is 16.1 Å². The van der Waals surface area contributed by atoms with E-state index in [2.05, 4.69) is 0 Å². The van der Waals surface area contributed by atoms with E-state index >= 15 is 0 Å². The molecular weight excluding hydrogens is 220 g/mol. The van der Waals surface area contributed by atoms with E-state index in [4.69, 9.17) is 16.7 Å². The number of halogens is 1. The summed E-state index contributed by atoms with van der Waals surface area (Å²) in [4.78, 5) is 10.7. The first kappa shape index (κ1) is 12.1. The lowest BCUT2D eigenvalue weighted by Crippen LogP contribution is -2.23. The second kappa shape index (κ2) is 5.23. The quantitative estimate of drug-likeness (QED) is 0.660. The summed E-state index contributed by atoms with van der Waals surface area (Å²) in [6, 6.07) is 4.53. The van der Waals surface area contributed by atoms with Gasteiger partial charge in [-0.15, -0.1) is 0 Å². The van der Waals surface area contributed by atoms with Crippen molar-refractivity contribution < 1.29 is 20.1 Å². The number of aliphatic hydroxyl groups excluding tert-OH is 3. The van der Waals surface area contributed by atoms with Crippen molar-refractivity contribution in [3.63, 3.8) is 0 Å². The molecule has 2 unspecified atom stereocenters. The Balaban J connectivity index is 3.16. The van der Waals surface area contributed by atoms with Crippen LogP contribution in [0.25, 0.3) is 0 Å². The van der Waals surface area contributed by atoms with Crippen LogP contribution in [0, 0.1) is 0 Å². The summed E-state index contributed by atoms with van der Waals surface area (Å²) in [5, 5.41) is 27.7. The van der Waals surface area contributed by atoms with E-state index in [0.717, 1.165) is 0 Å². The zero-order valence-corrected chi connectivity index (χ0v) is 8.55. The Morgan fingerprint density at radius 1 is 1.40 bits per heavy atom.